The van der Waals surface area contributed by atoms with Gasteiger partial charge in [0.05, 0.1) is 22.4 Å². The molecular formula is C50H45GeIrN3O-2. The summed E-state index contributed by atoms with van der Waals surface area (Å²) in [6, 6.07) is 53.5. The third-order valence-corrected chi connectivity index (χ3v) is 14.3. The maximum Gasteiger partial charge on any atom is 0 e. The smallest absolute Gasteiger partial charge is 0 e. The molecule has 281 valence electrons. The van der Waals surface area contributed by atoms with Crippen LogP contribution in [0.3, 0.4) is 0 Å². The molecule has 0 saturated carbocycles. The summed E-state index contributed by atoms with van der Waals surface area (Å²) < 4.78 is 32.1. The Morgan fingerprint density at radius 3 is 2.25 bits per heavy atom. The van der Waals surface area contributed by atoms with Crippen LogP contribution >= 0.6 is 0 Å². The number of benzene rings is 6. The van der Waals surface area contributed by atoms with Gasteiger partial charge in [0.1, 0.15) is 5.58 Å². The Labute approximate surface area is 350 Å². The standard InChI is InChI=1S/C35H27N2O.C15H18GeN.Ir/c1-35(2,3)24-20-21-30(28(22-24)23-12-5-4-6-13-23)37-31-18-9-8-17-29(31)36-34(37)27-16-11-15-26-25-14-7-10-19-32(25)38-33(26)27;1-12-5-7-13(8-6-12)15-10-9-14(11-17-15)16(2,3)4;/h4-15,17-22H,1-3H3;5-7,9-11H,1-4H3;/q2*-1;/i;1D3;. The predicted octanol–water partition coefficient (Wildman–Crippen LogP) is 12.8. The molecule has 0 saturated heterocycles. The summed E-state index contributed by atoms with van der Waals surface area (Å²) in [6.07, 6.45) is 1.95. The Bertz CT molecular complexity index is 2830. The molecule has 3 heterocycles. The number of pyridine rings is 1. The second kappa shape index (κ2) is 15.8. The molecule has 4 nitrogen and oxygen atoms in total. The van der Waals surface area contributed by atoms with E-state index in [0.717, 1.165) is 61.3 Å². The Hall–Kier alpha value is -5.07. The number of furan rings is 1. The largest absolute Gasteiger partial charge is 0 e. The molecule has 0 spiro atoms. The van der Waals surface area contributed by atoms with E-state index >= 15 is 0 Å². The van der Waals surface area contributed by atoms with Gasteiger partial charge in [-0.2, -0.15) is 0 Å². The van der Waals surface area contributed by atoms with E-state index in [4.69, 9.17) is 13.5 Å². The number of hydrogen-bond donors (Lipinski definition) is 0. The Morgan fingerprint density at radius 2 is 1.54 bits per heavy atom. The second-order valence-electron chi connectivity index (χ2n) is 16.0. The summed E-state index contributed by atoms with van der Waals surface area (Å²) in [5, 5.41) is 2.17. The number of hydrogen-bond acceptors (Lipinski definition) is 3. The van der Waals surface area contributed by atoms with Crippen LogP contribution in [0.2, 0.25) is 17.3 Å². The number of aromatic nitrogens is 3. The van der Waals surface area contributed by atoms with Crippen LogP contribution in [0.15, 0.2) is 150 Å². The van der Waals surface area contributed by atoms with Gasteiger partial charge >= 0.3 is 110 Å². The van der Waals surface area contributed by atoms with Gasteiger partial charge in [-0.25, -0.2) is 0 Å². The fourth-order valence-corrected chi connectivity index (χ4v) is 9.09. The van der Waals surface area contributed by atoms with Gasteiger partial charge in [0.15, 0.2) is 0 Å². The van der Waals surface area contributed by atoms with Gasteiger partial charge in [-0.05, 0) is 46.9 Å². The minimum absolute atomic E-state index is 0. The van der Waals surface area contributed by atoms with E-state index in [0.29, 0.717) is 5.56 Å². The molecule has 0 bridgehead atoms. The zero-order chi connectivity index (χ0) is 40.8. The molecule has 0 fully saturated rings. The van der Waals surface area contributed by atoms with E-state index in [1.54, 1.807) is 12.1 Å². The molecular weight excluding hydrogens is 923 g/mol. The predicted molar refractivity (Wildman–Crippen MR) is 233 cm³/mol. The van der Waals surface area contributed by atoms with E-state index in [1.807, 2.05) is 42.6 Å². The topological polar surface area (TPSA) is 43.9 Å². The number of rotatable bonds is 5. The average molecular weight is 972 g/mol. The summed E-state index contributed by atoms with van der Waals surface area (Å²) in [4.78, 5) is 9.64. The molecule has 0 N–H and O–H groups in total. The minimum atomic E-state index is -2.08. The van der Waals surface area contributed by atoms with Gasteiger partial charge < -0.3 is 8.98 Å². The first-order valence-corrected chi connectivity index (χ1v) is 26.0. The van der Waals surface area contributed by atoms with Crippen LogP contribution in [0.25, 0.3) is 72.4 Å². The third-order valence-electron chi connectivity index (χ3n) is 10.0. The van der Waals surface area contributed by atoms with E-state index in [2.05, 4.69) is 145 Å². The molecule has 0 aliphatic rings. The van der Waals surface area contributed by atoms with Crippen molar-refractivity contribution >= 4 is 50.6 Å². The molecule has 56 heavy (non-hydrogen) atoms. The fourth-order valence-electron chi connectivity index (χ4n) is 6.92. The maximum atomic E-state index is 7.35. The molecule has 0 atom stereocenters. The molecule has 0 unspecified atom stereocenters. The molecule has 0 aliphatic carbocycles. The molecule has 9 aromatic rings. The van der Waals surface area contributed by atoms with Crippen molar-refractivity contribution in [2.45, 2.75) is 50.3 Å². The van der Waals surface area contributed by atoms with Crippen LogP contribution in [0.1, 0.15) is 36.0 Å². The quantitative estimate of drug-likeness (QED) is 0.127. The van der Waals surface area contributed by atoms with Gasteiger partial charge in [-0.15, -0.1) is 18.2 Å². The van der Waals surface area contributed by atoms with Gasteiger partial charge in [0.25, 0.3) is 0 Å². The van der Waals surface area contributed by atoms with Crippen LogP contribution in [0.5, 0.6) is 0 Å². The maximum absolute atomic E-state index is 7.35. The van der Waals surface area contributed by atoms with Crippen molar-refractivity contribution in [3.63, 3.8) is 0 Å². The number of fused-ring (bicyclic) bond motifs is 4. The first-order chi connectivity index (χ1) is 27.7. The first kappa shape index (κ1) is 35.4. The fraction of sp³-hybridized carbons (Fsp3) is 0.160. The monoisotopic (exact) mass is 973 g/mol. The van der Waals surface area contributed by atoms with Crippen LogP contribution in [-0.2, 0) is 25.5 Å². The minimum Gasteiger partial charge on any atom is 0 e. The van der Waals surface area contributed by atoms with Crippen molar-refractivity contribution in [3.8, 4) is 39.5 Å². The van der Waals surface area contributed by atoms with Gasteiger partial charge in [0.2, 0.25) is 0 Å². The number of imidazole rings is 1. The van der Waals surface area contributed by atoms with Crippen molar-refractivity contribution in [2.75, 3.05) is 0 Å². The van der Waals surface area contributed by atoms with E-state index in [9.17, 15) is 0 Å². The molecule has 0 amide bonds. The van der Waals surface area contributed by atoms with Gasteiger partial charge in [0, 0.05) is 36.7 Å². The van der Waals surface area contributed by atoms with Crippen molar-refractivity contribution in [1.29, 1.82) is 0 Å². The zero-order valence-electron chi connectivity index (χ0n) is 35.4. The van der Waals surface area contributed by atoms with E-state index in [-0.39, 0.29) is 25.5 Å². The van der Waals surface area contributed by atoms with E-state index < -0.39 is 20.1 Å². The zero-order valence-corrected chi connectivity index (χ0v) is 36.9. The van der Waals surface area contributed by atoms with Crippen LogP contribution in [0, 0.1) is 19.0 Å². The SMILES string of the molecule is CC(C)(C)c1ccc(-n2c(-c3[c-]ccc4c3oc3ccccc34)nc3ccccc32)c(-c2ccccc2)c1.[2H]C([2H])([2H])c1c[c-]c(-c2cc[c]([Ge]([CH3])([CH3])[CH3])cn2)cc1.[Ir]. The van der Waals surface area contributed by atoms with E-state index in [1.165, 1.54) is 27.2 Å². The molecule has 6 heteroatoms. The normalized spacial score (nSPS) is 12.7. The summed E-state index contributed by atoms with van der Waals surface area (Å²) in [5.74, 6) is 7.80. The first-order valence-electron chi connectivity index (χ1n) is 20.2. The molecule has 3 aromatic heterocycles. The van der Waals surface area contributed by atoms with Crippen molar-refractivity contribution in [3.05, 3.63) is 169 Å². The van der Waals surface area contributed by atoms with Crippen molar-refractivity contribution in [2.24, 2.45) is 0 Å². The Kier molecular flexibility index (Phi) is 9.99. The third kappa shape index (κ3) is 7.82. The second-order valence-corrected chi connectivity index (χ2v) is 26.6. The van der Waals surface area contributed by atoms with Gasteiger partial charge in [-0.1, -0.05) is 98.5 Å². The Balaban J connectivity index is 0.000000214. The van der Waals surface area contributed by atoms with Crippen LogP contribution in [-0.4, -0.2) is 27.8 Å². The molecule has 6 aromatic carbocycles. The van der Waals surface area contributed by atoms with Gasteiger partial charge in [-0.3, -0.25) is 4.98 Å². The summed E-state index contributed by atoms with van der Waals surface area (Å²) in [7, 11) is 0. The number of aryl methyl sites for hydroxylation is 1. The molecule has 1 radical (unpaired) electrons. The average Bonchev–Trinajstić information content (AvgIpc) is 3.79. The molecule has 0 aliphatic heterocycles. The van der Waals surface area contributed by atoms with Crippen LogP contribution in [0.4, 0.5) is 0 Å². The summed E-state index contributed by atoms with van der Waals surface area (Å²) in [5.41, 5.74) is 11.2. The van der Waals surface area contributed by atoms with Crippen molar-refractivity contribution < 1.29 is 28.6 Å². The summed E-state index contributed by atoms with van der Waals surface area (Å²) >= 11 is -1.83. The Morgan fingerprint density at radius 1 is 0.768 bits per heavy atom. The number of nitrogens with zero attached hydrogens (tertiary/aromatic N) is 3. The van der Waals surface area contributed by atoms with Crippen molar-refractivity contribution in [1.82, 2.24) is 14.5 Å². The molecule has 9 rings (SSSR count). The summed E-state index contributed by atoms with van der Waals surface area (Å²) in [6.45, 7) is 4.69. The van der Waals surface area contributed by atoms with Crippen LogP contribution < -0.4 is 4.40 Å². The number of para-hydroxylation sites is 3.